The number of halogens is 3. The first-order valence-corrected chi connectivity index (χ1v) is 8.00. The van der Waals surface area contributed by atoms with Gasteiger partial charge in [-0.25, -0.2) is 0 Å². The standard InChI is InChI=1S/C19H15F3N2O3/c20-19(21,22)16-8-7-15(17(23)25)18(26)24(16)9-10-27-14-6-5-12-3-1-2-4-13(12)11-14/h1-8,11H,9-10H2,(H2,23,25). The minimum Gasteiger partial charge on any atom is -0.492 e. The average molecular weight is 376 g/mol. The highest BCUT2D eigenvalue weighted by Gasteiger charge is 2.35. The number of carbonyl (C=O) groups excluding carboxylic acids is 1. The van der Waals surface area contributed by atoms with Gasteiger partial charge in [-0.05, 0) is 35.0 Å². The van der Waals surface area contributed by atoms with E-state index in [1.807, 2.05) is 30.3 Å². The molecule has 5 nitrogen and oxygen atoms in total. The minimum absolute atomic E-state index is 0.191. The van der Waals surface area contributed by atoms with E-state index in [1.165, 1.54) is 0 Å². The molecule has 2 aromatic carbocycles. The van der Waals surface area contributed by atoms with E-state index in [-0.39, 0.29) is 13.2 Å². The van der Waals surface area contributed by atoms with Gasteiger partial charge in [0, 0.05) is 0 Å². The first kappa shape index (κ1) is 18.5. The number of nitrogens with two attached hydrogens (primary N) is 1. The number of rotatable bonds is 5. The summed E-state index contributed by atoms with van der Waals surface area (Å²) in [7, 11) is 0. The van der Waals surface area contributed by atoms with Crippen LogP contribution in [0.4, 0.5) is 13.2 Å². The Bertz CT molecular complexity index is 1060. The third-order valence-corrected chi connectivity index (χ3v) is 4.03. The number of alkyl halides is 3. The summed E-state index contributed by atoms with van der Waals surface area (Å²) in [6, 6.07) is 14.3. The number of pyridine rings is 1. The Labute approximate surface area is 151 Å². The van der Waals surface area contributed by atoms with Crippen LogP contribution in [0.5, 0.6) is 5.75 Å². The molecule has 0 atom stereocenters. The maximum absolute atomic E-state index is 13.2. The summed E-state index contributed by atoms with van der Waals surface area (Å²) in [6.07, 6.45) is -4.75. The van der Waals surface area contributed by atoms with E-state index in [9.17, 15) is 22.8 Å². The molecule has 2 N–H and O–H groups in total. The van der Waals surface area contributed by atoms with Gasteiger partial charge in [0.25, 0.3) is 11.5 Å². The quantitative estimate of drug-likeness (QED) is 0.743. The van der Waals surface area contributed by atoms with Crippen molar-refractivity contribution in [1.29, 1.82) is 0 Å². The molecular weight excluding hydrogens is 361 g/mol. The number of benzene rings is 2. The number of amides is 1. The van der Waals surface area contributed by atoms with Crippen LogP contribution in [0, 0.1) is 0 Å². The molecule has 0 saturated heterocycles. The number of nitrogens with zero attached hydrogens (tertiary/aromatic N) is 1. The summed E-state index contributed by atoms with van der Waals surface area (Å²) in [4.78, 5) is 23.5. The summed E-state index contributed by atoms with van der Waals surface area (Å²) in [5.74, 6) is -0.626. The third kappa shape index (κ3) is 3.94. The average Bonchev–Trinajstić information content (AvgIpc) is 2.61. The Morgan fingerprint density at radius 1 is 1.04 bits per heavy atom. The second-order valence-electron chi connectivity index (χ2n) is 5.81. The van der Waals surface area contributed by atoms with Gasteiger partial charge in [0.1, 0.15) is 23.6 Å². The third-order valence-electron chi connectivity index (χ3n) is 4.03. The van der Waals surface area contributed by atoms with Crippen molar-refractivity contribution in [3.8, 4) is 5.75 Å². The fourth-order valence-corrected chi connectivity index (χ4v) is 2.75. The van der Waals surface area contributed by atoms with Crippen LogP contribution in [0.3, 0.4) is 0 Å². The molecule has 0 aliphatic rings. The number of primary amides is 1. The molecule has 0 spiro atoms. The lowest BCUT2D eigenvalue weighted by Crippen LogP contribution is -2.35. The van der Waals surface area contributed by atoms with Crippen LogP contribution in [-0.4, -0.2) is 17.1 Å². The molecule has 3 rings (SSSR count). The van der Waals surface area contributed by atoms with Crippen molar-refractivity contribution in [2.45, 2.75) is 12.7 Å². The van der Waals surface area contributed by atoms with E-state index < -0.39 is 28.9 Å². The topological polar surface area (TPSA) is 74.3 Å². The second kappa shape index (κ2) is 7.14. The Morgan fingerprint density at radius 3 is 2.41 bits per heavy atom. The van der Waals surface area contributed by atoms with Gasteiger partial charge in [0.05, 0.1) is 6.54 Å². The Hall–Kier alpha value is -3.29. The molecule has 140 valence electrons. The number of hydrogen-bond acceptors (Lipinski definition) is 3. The van der Waals surface area contributed by atoms with Gasteiger partial charge in [0.15, 0.2) is 0 Å². The van der Waals surface area contributed by atoms with Crippen molar-refractivity contribution in [2.24, 2.45) is 5.73 Å². The number of aromatic nitrogens is 1. The van der Waals surface area contributed by atoms with E-state index in [2.05, 4.69) is 0 Å². The van der Waals surface area contributed by atoms with Crippen LogP contribution < -0.4 is 16.0 Å². The zero-order chi connectivity index (χ0) is 19.6. The highest BCUT2D eigenvalue weighted by atomic mass is 19.4. The first-order chi connectivity index (χ1) is 12.8. The van der Waals surface area contributed by atoms with Crippen molar-refractivity contribution in [1.82, 2.24) is 4.57 Å². The highest BCUT2D eigenvalue weighted by molar-refractivity contribution is 5.92. The number of ether oxygens (including phenoxy) is 1. The van der Waals surface area contributed by atoms with Crippen LogP contribution in [0.15, 0.2) is 59.4 Å². The maximum Gasteiger partial charge on any atom is 0.431 e. The molecule has 1 amide bonds. The second-order valence-corrected chi connectivity index (χ2v) is 5.81. The molecular formula is C19H15F3N2O3. The smallest absolute Gasteiger partial charge is 0.431 e. The molecule has 0 bridgehead atoms. The van der Waals surface area contributed by atoms with Crippen molar-refractivity contribution in [3.63, 3.8) is 0 Å². The lowest BCUT2D eigenvalue weighted by Gasteiger charge is -2.16. The zero-order valence-corrected chi connectivity index (χ0v) is 14.0. The number of carbonyl (C=O) groups is 1. The van der Waals surface area contributed by atoms with Crippen molar-refractivity contribution in [2.75, 3.05) is 6.61 Å². The minimum atomic E-state index is -4.75. The fourth-order valence-electron chi connectivity index (χ4n) is 2.75. The number of fused-ring (bicyclic) bond motifs is 1. The van der Waals surface area contributed by atoms with Crippen LogP contribution in [0.1, 0.15) is 16.1 Å². The van der Waals surface area contributed by atoms with Gasteiger partial charge in [-0.2, -0.15) is 13.2 Å². The van der Waals surface area contributed by atoms with Gasteiger partial charge in [-0.15, -0.1) is 0 Å². The van der Waals surface area contributed by atoms with Crippen molar-refractivity contribution >= 4 is 16.7 Å². The summed E-state index contributed by atoms with van der Waals surface area (Å²) in [6.45, 7) is -0.578. The van der Waals surface area contributed by atoms with E-state index in [1.54, 1.807) is 12.1 Å². The number of hydrogen-bond donors (Lipinski definition) is 1. The lowest BCUT2D eigenvalue weighted by molar-refractivity contribution is -0.144. The van der Waals surface area contributed by atoms with Gasteiger partial charge in [-0.1, -0.05) is 30.3 Å². The predicted molar refractivity (Wildman–Crippen MR) is 93.7 cm³/mol. The zero-order valence-electron chi connectivity index (χ0n) is 14.0. The SMILES string of the molecule is NC(=O)c1ccc(C(F)(F)F)n(CCOc2ccc3ccccc3c2)c1=O. The van der Waals surface area contributed by atoms with Gasteiger partial charge in [-0.3, -0.25) is 9.59 Å². The van der Waals surface area contributed by atoms with Gasteiger partial charge < -0.3 is 15.0 Å². The van der Waals surface area contributed by atoms with Crippen LogP contribution in [-0.2, 0) is 12.7 Å². The molecule has 1 heterocycles. The lowest BCUT2D eigenvalue weighted by atomic mass is 10.1. The summed E-state index contributed by atoms with van der Waals surface area (Å²) in [5, 5.41) is 1.91. The van der Waals surface area contributed by atoms with Gasteiger partial charge >= 0.3 is 6.18 Å². The van der Waals surface area contributed by atoms with E-state index in [4.69, 9.17) is 10.5 Å². The molecule has 3 aromatic rings. The van der Waals surface area contributed by atoms with E-state index in [0.29, 0.717) is 16.4 Å². The normalized spacial score (nSPS) is 11.5. The van der Waals surface area contributed by atoms with Gasteiger partial charge in [0.2, 0.25) is 0 Å². The Kier molecular flexibility index (Phi) is 4.89. The summed E-state index contributed by atoms with van der Waals surface area (Å²) < 4.78 is 45.5. The van der Waals surface area contributed by atoms with E-state index >= 15 is 0 Å². The molecule has 0 aliphatic carbocycles. The largest absolute Gasteiger partial charge is 0.492 e. The molecule has 0 aliphatic heterocycles. The van der Waals surface area contributed by atoms with Crippen LogP contribution >= 0.6 is 0 Å². The fraction of sp³-hybridized carbons (Fsp3) is 0.158. The highest BCUT2D eigenvalue weighted by Crippen LogP contribution is 2.28. The summed E-state index contributed by atoms with van der Waals surface area (Å²) >= 11 is 0. The van der Waals surface area contributed by atoms with Crippen LogP contribution in [0.25, 0.3) is 10.8 Å². The molecule has 8 heteroatoms. The molecule has 1 aromatic heterocycles. The molecule has 0 saturated carbocycles. The van der Waals surface area contributed by atoms with Crippen molar-refractivity contribution < 1.29 is 22.7 Å². The maximum atomic E-state index is 13.2. The molecule has 27 heavy (non-hydrogen) atoms. The first-order valence-electron chi connectivity index (χ1n) is 8.00. The molecule has 0 radical (unpaired) electrons. The Balaban J connectivity index is 1.84. The summed E-state index contributed by atoms with van der Waals surface area (Å²) in [5.41, 5.74) is 2.28. The molecule has 0 fully saturated rings. The van der Waals surface area contributed by atoms with Crippen molar-refractivity contribution in [3.05, 3.63) is 76.2 Å². The monoisotopic (exact) mass is 376 g/mol. The van der Waals surface area contributed by atoms with E-state index in [0.717, 1.165) is 16.8 Å². The predicted octanol–water partition coefficient (Wildman–Crippen LogP) is 3.20. The Morgan fingerprint density at radius 2 is 1.74 bits per heavy atom. The van der Waals surface area contributed by atoms with Crippen LogP contribution in [0.2, 0.25) is 0 Å². The molecule has 0 unspecified atom stereocenters.